The minimum absolute atomic E-state index is 0.148. The predicted molar refractivity (Wildman–Crippen MR) is 87.8 cm³/mol. The molecule has 0 spiro atoms. The van der Waals surface area contributed by atoms with Gasteiger partial charge < -0.3 is 14.6 Å². The molecule has 0 bridgehead atoms. The molecule has 0 saturated heterocycles. The molecule has 0 radical (unpaired) electrons. The van der Waals surface area contributed by atoms with Crippen molar-refractivity contribution in [2.45, 2.75) is 65.5 Å². The first kappa shape index (κ1) is 17.8. The lowest BCUT2D eigenvalue weighted by Gasteiger charge is -2.20. The van der Waals surface area contributed by atoms with Gasteiger partial charge in [-0.15, -0.1) is 0 Å². The highest BCUT2D eigenvalue weighted by atomic mass is 16.3. The lowest BCUT2D eigenvalue weighted by Crippen LogP contribution is -2.23. The summed E-state index contributed by atoms with van der Waals surface area (Å²) in [6, 6.07) is 1.58. The van der Waals surface area contributed by atoms with Gasteiger partial charge in [0.25, 0.3) is 0 Å². The van der Waals surface area contributed by atoms with E-state index in [4.69, 9.17) is 0 Å². The van der Waals surface area contributed by atoms with E-state index in [0.717, 1.165) is 38.2 Å². The maximum atomic E-state index is 11.7. The Morgan fingerprint density at radius 3 is 2.52 bits per heavy atom. The zero-order valence-corrected chi connectivity index (χ0v) is 13.8. The smallest absolute Gasteiger partial charge is 0.223 e. The molecule has 21 heavy (non-hydrogen) atoms. The molecule has 1 aromatic rings. The summed E-state index contributed by atoms with van der Waals surface area (Å²) < 4.78 is 2.04. The molecule has 0 aliphatic rings. The molecule has 0 unspecified atom stereocenters. The van der Waals surface area contributed by atoms with Gasteiger partial charge in [0.2, 0.25) is 5.43 Å². The Morgan fingerprint density at radius 1 is 1.14 bits per heavy atom. The van der Waals surface area contributed by atoms with Gasteiger partial charge in [0, 0.05) is 24.8 Å². The number of hydrogen-bond acceptors (Lipinski definition) is 3. The molecule has 0 saturated carbocycles. The van der Waals surface area contributed by atoms with E-state index in [1.54, 1.807) is 12.3 Å². The Balaban J connectivity index is 2.74. The van der Waals surface area contributed by atoms with E-state index in [1.807, 2.05) is 4.57 Å². The largest absolute Gasteiger partial charge is 0.503 e. The third-order valence-corrected chi connectivity index (χ3v) is 3.78. The fourth-order valence-electron chi connectivity index (χ4n) is 2.44. The highest BCUT2D eigenvalue weighted by Gasteiger charge is 2.08. The highest BCUT2D eigenvalue weighted by Crippen LogP contribution is 2.11. The summed E-state index contributed by atoms with van der Waals surface area (Å²) in [5.41, 5.74) is 0.714. The lowest BCUT2D eigenvalue weighted by molar-refractivity contribution is 0.308. The average molecular weight is 294 g/mol. The molecule has 0 amide bonds. The molecule has 0 atom stereocenters. The normalized spacial score (nSPS) is 11.2. The van der Waals surface area contributed by atoms with Crippen LogP contribution in [0.4, 0.5) is 0 Å². The van der Waals surface area contributed by atoms with Crippen LogP contribution in [0.2, 0.25) is 0 Å². The van der Waals surface area contributed by atoms with Crippen molar-refractivity contribution in [2.75, 3.05) is 13.6 Å². The molecule has 1 N–H and O–H groups in total. The summed E-state index contributed by atoms with van der Waals surface area (Å²) in [7, 11) is 2.08. The Hall–Kier alpha value is -1.29. The molecule has 1 heterocycles. The number of aromatic nitrogens is 1. The number of pyridine rings is 1. The van der Waals surface area contributed by atoms with E-state index in [2.05, 4.69) is 25.8 Å². The predicted octanol–water partition coefficient (Wildman–Crippen LogP) is 3.37. The standard InChI is InChI=1S/C17H30N2O2/c1-4-6-8-9-11-19-14-17(21)16(20)12-15(19)13-18(3)10-7-5-2/h12,14,21H,4-11,13H2,1-3H3. The average Bonchev–Trinajstić information content (AvgIpc) is 2.46. The van der Waals surface area contributed by atoms with E-state index in [-0.39, 0.29) is 11.2 Å². The second kappa shape index (κ2) is 9.61. The number of unbranched alkanes of at least 4 members (excludes halogenated alkanes) is 4. The fourth-order valence-corrected chi connectivity index (χ4v) is 2.44. The number of rotatable bonds is 10. The zero-order chi connectivity index (χ0) is 15.7. The molecular weight excluding hydrogens is 264 g/mol. The van der Waals surface area contributed by atoms with Crippen LogP contribution in [0.3, 0.4) is 0 Å². The van der Waals surface area contributed by atoms with Crippen LogP contribution in [0.25, 0.3) is 0 Å². The quantitative estimate of drug-likeness (QED) is 0.673. The topological polar surface area (TPSA) is 45.5 Å². The molecule has 4 nitrogen and oxygen atoms in total. The number of nitrogens with zero attached hydrogens (tertiary/aromatic N) is 2. The highest BCUT2D eigenvalue weighted by molar-refractivity contribution is 5.20. The maximum Gasteiger partial charge on any atom is 0.223 e. The van der Waals surface area contributed by atoms with Crippen LogP contribution in [0.15, 0.2) is 17.1 Å². The van der Waals surface area contributed by atoms with Gasteiger partial charge in [0.1, 0.15) is 0 Å². The van der Waals surface area contributed by atoms with Crippen molar-refractivity contribution in [3.63, 3.8) is 0 Å². The van der Waals surface area contributed by atoms with Crippen LogP contribution in [-0.2, 0) is 13.1 Å². The van der Waals surface area contributed by atoms with E-state index in [1.165, 1.54) is 25.7 Å². The molecule has 4 heteroatoms. The van der Waals surface area contributed by atoms with Gasteiger partial charge >= 0.3 is 0 Å². The molecule has 0 aliphatic carbocycles. The van der Waals surface area contributed by atoms with Gasteiger partial charge in [0.15, 0.2) is 5.75 Å². The molecule has 120 valence electrons. The summed E-state index contributed by atoms with van der Waals surface area (Å²) >= 11 is 0. The van der Waals surface area contributed by atoms with Crippen LogP contribution in [0, 0.1) is 0 Å². The third kappa shape index (κ3) is 6.34. The second-order valence-electron chi connectivity index (χ2n) is 5.86. The molecule has 1 rings (SSSR count). The van der Waals surface area contributed by atoms with Crippen LogP contribution < -0.4 is 5.43 Å². The number of aryl methyl sites for hydroxylation is 1. The summed E-state index contributed by atoms with van der Waals surface area (Å²) in [6.45, 7) is 7.02. The maximum absolute atomic E-state index is 11.7. The van der Waals surface area contributed by atoms with E-state index in [9.17, 15) is 9.90 Å². The van der Waals surface area contributed by atoms with Crippen LogP contribution in [0.1, 0.15) is 58.1 Å². The van der Waals surface area contributed by atoms with Crippen molar-refractivity contribution in [3.05, 3.63) is 28.2 Å². The Morgan fingerprint density at radius 2 is 1.86 bits per heavy atom. The van der Waals surface area contributed by atoms with Crippen LogP contribution in [-0.4, -0.2) is 28.2 Å². The van der Waals surface area contributed by atoms with Gasteiger partial charge in [-0.2, -0.15) is 0 Å². The van der Waals surface area contributed by atoms with Gasteiger partial charge in [-0.3, -0.25) is 4.79 Å². The third-order valence-electron chi connectivity index (χ3n) is 3.78. The minimum atomic E-state index is -0.279. The number of hydrogen-bond donors (Lipinski definition) is 1. The molecular formula is C17H30N2O2. The first-order valence-electron chi connectivity index (χ1n) is 8.19. The molecule has 0 aliphatic heterocycles. The first-order chi connectivity index (χ1) is 10.1. The van der Waals surface area contributed by atoms with E-state index < -0.39 is 0 Å². The Labute approximate surface area is 128 Å². The summed E-state index contributed by atoms with van der Waals surface area (Å²) in [5, 5.41) is 9.66. The van der Waals surface area contributed by atoms with Gasteiger partial charge in [-0.1, -0.05) is 39.5 Å². The molecule has 1 aromatic heterocycles. The summed E-state index contributed by atoms with van der Waals surface area (Å²) in [4.78, 5) is 13.9. The van der Waals surface area contributed by atoms with Crippen molar-refractivity contribution in [3.8, 4) is 5.75 Å². The SMILES string of the molecule is CCCCCCn1cc(O)c(=O)cc1CN(C)CCCC. The number of aromatic hydroxyl groups is 1. The zero-order valence-electron chi connectivity index (χ0n) is 13.8. The summed E-state index contributed by atoms with van der Waals surface area (Å²) in [5.74, 6) is -0.148. The van der Waals surface area contributed by atoms with Crippen molar-refractivity contribution < 1.29 is 5.11 Å². The van der Waals surface area contributed by atoms with Gasteiger partial charge in [-0.05, 0) is 26.4 Å². The Bertz CT molecular complexity index is 468. The summed E-state index contributed by atoms with van der Waals surface area (Å²) in [6.07, 6.45) is 8.65. The second-order valence-corrected chi connectivity index (χ2v) is 5.86. The first-order valence-corrected chi connectivity index (χ1v) is 8.19. The fraction of sp³-hybridized carbons (Fsp3) is 0.706. The minimum Gasteiger partial charge on any atom is -0.503 e. The van der Waals surface area contributed by atoms with Crippen molar-refractivity contribution in [2.24, 2.45) is 0 Å². The van der Waals surface area contributed by atoms with E-state index in [0.29, 0.717) is 0 Å². The van der Waals surface area contributed by atoms with E-state index >= 15 is 0 Å². The molecule has 0 fully saturated rings. The van der Waals surface area contributed by atoms with Gasteiger partial charge in [-0.25, -0.2) is 0 Å². The lowest BCUT2D eigenvalue weighted by atomic mass is 10.2. The van der Waals surface area contributed by atoms with Crippen molar-refractivity contribution in [1.82, 2.24) is 9.47 Å². The Kier molecular flexibility index (Phi) is 8.13. The van der Waals surface area contributed by atoms with Crippen LogP contribution >= 0.6 is 0 Å². The molecule has 0 aromatic carbocycles. The van der Waals surface area contributed by atoms with Crippen molar-refractivity contribution >= 4 is 0 Å². The monoisotopic (exact) mass is 294 g/mol. The van der Waals surface area contributed by atoms with Gasteiger partial charge in [0.05, 0.1) is 6.20 Å². The van der Waals surface area contributed by atoms with Crippen molar-refractivity contribution in [1.29, 1.82) is 0 Å². The van der Waals surface area contributed by atoms with Crippen LogP contribution in [0.5, 0.6) is 5.75 Å².